The van der Waals surface area contributed by atoms with Crippen LogP contribution in [0.5, 0.6) is 5.75 Å². The molecule has 20 heavy (non-hydrogen) atoms. The molecule has 2 N–H and O–H groups in total. The molecule has 5 heteroatoms. The maximum absolute atomic E-state index is 5.86. The fraction of sp³-hybridized carbons (Fsp3) is 0.133. The molecule has 1 aromatic heterocycles. The molecule has 0 spiro atoms. The summed E-state index contributed by atoms with van der Waals surface area (Å²) < 4.78 is 11.4. The normalized spacial score (nSPS) is 11.2. The molecule has 0 atom stereocenters. The number of hydrogen-bond acceptors (Lipinski definition) is 4. The summed E-state index contributed by atoms with van der Waals surface area (Å²) in [7, 11) is 3.26. The lowest BCUT2D eigenvalue weighted by Crippen LogP contribution is -1.95. The van der Waals surface area contributed by atoms with Gasteiger partial charge in [0, 0.05) is 21.8 Å². The zero-order chi connectivity index (χ0) is 14.5. The molecule has 0 saturated heterocycles. The average Bonchev–Trinajstić information content (AvgIpc) is 2.48. The van der Waals surface area contributed by atoms with Crippen molar-refractivity contribution in [2.75, 3.05) is 20.0 Å². The molecule has 0 saturated carbocycles. The van der Waals surface area contributed by atoms with Crippen LogP contribution in [0.2, 0.25) is 0 Å². The van der Waals surface area contributed by atoms with Crippen molar-refractivity contribution in [2.24, 2.45) is 0 Å². The summed E-state index contributed by atoms with van der Waals surface area (Å²) in [5.74, 6) is 1.96. The van der Waals surface area contributed by atoms with E-state index in [4.69, 9.17) is 15.2 Å². The van der Waals surface area contributed by atoms with Crippen molar-refractivity contribution in [1.82, 2.24) is 4.98 Å². The summed E-state index contributed by atoms with van der Waals surface area (Å²) >= 11 is 3.38. The van der Waals surface area contributed by atoms with Gasteiger partial charge >= 0.3 is 0 Å². The predicted molar refractivity (Wildman–Crippen MR) is 84.2 cm³/mol. The van der Waals surface area contributed by atoms with E-state index in [1.54, 1.807) is 20.4 Å². The zero-order valence-corrected chi connectivity index (χ0v) is 12.8. The number of nitrogens with two attached hydrogens (primary N) is 1. The summed E-state index contributed by atoms with van der Waals surface area (Å²) in [5.41, 5.74) is 7.60. The Morgan fingerprint density at radius 2 is 1.95 bits per heavy atom. The second kappa shape index (κ2) is 6.43. The molecule has 2 aromatic rings. The second-order valence-corrected chi connectivity index (χ2v) is 4.98. The van der Waals surface area contributed by atoms with Gasteiger partial charge in [-0.2, -0.15) is 0 Å². The lowest BCUT2D eigenvalue weighted by Gasteiger charge is -2.08. The number of anilines is 1. The number of halogens is 1. The summed E-state index contributed by atoms with van der Waals surface area (Å²) in [6.07, 6.45) is 3.52. The van der Waals surface area contributed by atoms with E-state index in [0.29, 0.717) is 11.6 Å². The SMILES string of the molecule is COC(=Cc1cc(Br)cnc1N)c1ccc(OC)cc1. The maximum Gasteiger partial charge on any atom is 0.130 e. The molecule has 4 nitrogen and oxygen atoms in total. The fourth-order valence-corrected chi connectivity index (χ4v) is 2.09. The highest BCUT2D eigenvalue weighted by atomic mass is 79.9. The Kier molecular flexibility index (Phi) is 4.63. The third-order valence-corrected chi connectivity index (χ3v) is 3.23. The summed E-state index contributed by atoms with van der Waals surface area (Å²) in [4.78, 5) is 4.10. The van der Waals surface area contributed by atoms with Gasteiger partial charge in [0.2, 0.25) is 0 Å². The van der Waals surface area contributed by atoms with Crippen LogP contribution in [0.15, 0.2) is 41.0 Å². The third kappa shape index (κ3) is 3.30. The van der Waals surface area contributed by atoms with Gasteiger partial charge in [-0.05, 0) is 52.3 Å². The summed E-state index contributed by atoms with van der Waals surface area (Å²) in [5, 5.41) is 0. The van der Waals surface area contributed by atoms with Crippen molar-refractivity contribution in [2.45, 2.75) is 0 Å². The Balaban J connectivity index is 2.39. The van der Waals surface area contributed by atoms with Crippen molar-refractivity contribution < 1.29 is 9.47 Å². The van der Waals surface area contributed by atoms with Gasteiger partial charge in [-0.25, -0.2) is 4.98 Å². The van der Waals surface area contributed by atoms with Gasteiger partial charge < -0.3 is 15.2 Å². The third-order valence-electron chi connectivity index (χ3n) is 2.80. The van der Waals surface area contributed by atoms with E-state index in [9.17, 15) is 0 Å². The van der Waals surface area contributed by atoms with Crippen molar-refractivity contribution in [1.29, 1.82) is 0 Å². The monoisotopic (exact) mass is 334 g/mol. The number of ether oxygens (including phenoxy) is 2. The lowest BCUT2D eigenvalue weighted by molar-refractivity contribution is 0.372. The first kappa shape index (κ1) is 14.4. The molecule has 0 amide bonds. The van der Waals surface area contributed by atoms with Gasteiger partial charge in [0.25, 0.3) is 0 Å². The highest BCUT2D eigenvalue weighted by molar-refractivity contribution is 9.10. The molecular weight excluding hydrogens is 320 g/mol. The number of hydrogen-bond donors (Lipinski definition) is 1. The van der Waals surface area contributed by atoms with E-state index < -0.39 is 0 Å². The van der Waals surface area contributed by atoms with Crippen LogP contribution < -0.4 is 10.5 Å². The first-order valence-corrected chi connectivity index (χ1v) is 6.74. The molecule has 0 bridgehead atoms. The van der Waals surface area contributed by atoms with Gasteiger partial charge in [-0.3, -0.25) is 0 Å². The molecule has 0 aliphatic rings. The number of pyridine rings is 1. The van der Waals surface area contributed by atoms with Gasteiger partial charge in [0.15, 0.2) is 0 Å². The number of aromatic nitrogens is 1. The first-order chi connectivity index (χ1) is 9.63. The first-order valence-electron chi connectivity index (χ1n) is 5.95. The van der Waals surface area contributed by atoms with Crippen molar-refractivity contribution in [3.8, 4) is 5.75 Å². The minimum atomic E-state index is 0.455. The molecule has 0 fully saturated rings. The minimum Gasteiger partial charge on any atom is -0.497 e. The van der Waals surface area contributed by atoms with E-state index in [1.807, 2.05) is 36.4 Å². The Labute approximate surface area is 126 Å². The number of benzene rings is 1. The molecule has 0 aliphatic carbocycles. The molecule has 2 rings (SSSR count). The minimum absolute atomic E-state index is 0.455. The van der Waals surface area contributed by atoms with Crippen molar-refractivity contribution in [3.63, 3.8) is 0 Å². The number of methoxy groups -OCH3 is 2. The van der Waals surface area contributed by atoms with Gasteiger partial charge in [0.05, 0.1) is 14.2 Å². The Morgan fingerprint density at radius 3 is 2.55 bits per heavy atom. The van der Waals surface area contributed by atoms with Gasteiger partial charge in [-0.1, -0.05) is 0 Å². The standard InChI is InChI=1S/C15H15BrN2O2/c1-19-13-5-3-10(4-6-13)14(20-2)8-11-7-12(16)9-18-15(11)17/h3-9H,1-2H3,(H2,17,18). The maximum atomic E-state index is 5.86. The molecule has 0 radical (unpaired) electrons. The topological polar surface area (TPSA) is 57.4 Å². The van der Waals surface area contributed by atoms with Crippen LogP contribution in [0.3, 0.4) is 0 Å². The van der Waals surface area contributed by atoms with Crippen LogP contribution in [0.1, 0.15) is 11.1 Å². The Hall–Kier alpha value is -2.01. The van der Waals surface area contributed by atoms with Crippen LogP contribution in [0, 0.1) is 0 Å². The largest absolute Gasteiger partial charge is 0.497 e. The van der Waals surface area contributed by atoms with Gasteiger partial charge in [0.1, 0.15) is 17.3 Å². The Bertz CT molecular complexity index is 624. The predicted octanol–water partition coefficient (Wildman–Crippen LogP) is 3.58. The van der Waals surface area contributed by atoms with E-state index >= 15 is 0 Å². The average molecular weight is 335 g/mol. The van der Waals surface area contributed by atoms with Crippen molar-refractivity contribution >= 4 is 33.6 Å². The van der Waals surface area contributed by atoms with Crippen LogP contribution in [-0.4, -0.2) is 19.2 Å². The smallest absolute Gasteiger partial charge is 0.130 e. The number of nitrogens with zero attached hydrogens (tertiary/aromatic N) is 1. The molecule has 0 unspecified atom stereocenters. The van der Waals surface area contributed by atoms with Gasteiger partial charge in [-0.15, -0.1) is 0 Å². The highest BCUT2D eigenvalue weighted by Gasteiger charge is 2.05. The molecule has 1 heterocycles. The van der Waals surface area contributed by atoms with Crippen molar-refractivity contribution in [3.05, 3.63) is 52.1 Å². The van der Waals surface area contributed by atoms with E-state index in [2.05, 4.69) is 20.9 Å². The lowest BCUT2D eigenvalue weighted by atomic mass is 10.1. The van der Waals surface area contributed by atoms with E-state index in [-0.39, 0.29) is 0 Å². The van der Waals surface area contributed by atoms with Crippen LogP contribution in [-0.2, 0) is 4.74 Å². The zero-order valence-electron chi connectivity index (χ0n) is 11.3. The van der Waals surface area contributed by atoms with Crippen LogP contribution in [0.25, 0.3) is 11.8 Å². The quantitative estimate of drug-likeness (QED) is 0.868. The molecule has 0 aliphatic heterocycles. The Morgan fingerprint density at radius 1 is 1.25 bits per heavy atom. The van der Waals surface area contributed by atoms with Crippen LogP contribution >= 0.6 is 15.9 Å². The number of rotatable bonds is 4. The highest BCUT2D eigenvalue weighted by Crippen LogP contribution is 2.24. The number of nitrogen functional groups attached to an aromatic ring is 1. The van der Waals surface area contributed by atoms with E-state index in [0.717, 1.165) is 21.3 Å². The fourth-order valence-electron chi connectivity index (χ4n) is 1.74. The van der Waals surface area contributed by atoms with E-state index in [1.165, 1.54) is 0 Å². The second-order valence-electron chi connectivity index (χ2n) is 4.07. The van der Waals surface area contributed by atoms with Crippen LogP contribution in [0.4, 0.5) is 5.82 Å². The molecule has 104 valence electrons. The summed E-state index contributed by atoms with van der Waals surface area (Å²) in [6, 6.07) is 9.51. The molecular formula is C15H15BrN2O2. The molecule has 1 aromatic carbocycles. The summed E-state index contributed by atoms with van der Waals surface area (Å²) in [6.45, 7) is 0.